The second kappa shape index (κ2) is 4.99. The van der Waals surface area contributed by atoms with Crippen molar-refractivity contribution in [2.75, 3.05) is 19.7 Å². The minimum atomic E-state index is 0.0838. The summed E-state index contributed by atoms with van der Waals surface area (Å²) < 4.78 is 11.1. The predicted octanol–water partition coefficient (Wildman–Crippen LogP) is 1.14. The minimum Gasteiger partial charge on any atom is -0.468 e. The average molecular weight is 224 g/mol. The second-order valence-electron chi connectivity index (χ2n) is 4.53. The van der Waals surface area contributed by atoms with E-state index >= 15 is 0 Å². The topological polar surface area (TPSA) is 51.6 Å². The van der Waals surface area contributed by atoms with Gasteiger partial charge in [-0.05, 0) is 25.5 Å². The summed E-state index contributed by atoms with van der Waals surface area (Å²) in [6.07, 6.45) is 1.89. The number of nitrogens with zero attached hydrogens (tertiary/aromatic N) is 1. The summed E-state index contributed by atoms with van der Waals surface area (Å²) in [6.45, 7) is 7.51. The Morgan fingerprint density at radius 3 is 3.06 bits per heavy atom. The third-order valence-corrected chi connectivity index (χ3v) is 3.10. The molecule has 2 unspecified atom stereocenters. The fourth-order valence-corrected chi connectivity index (χ4v) is 1.96. The van der Waals surface area contributed by atoms with Gasteiger partial charge in [-0.1, -0.05) is 0 Å². The molecule has 4 nitrogen and oxygen atoms in total. The smallest absolute Gasteiger partial charge is 0.120 e. The van der Waals surface area contributed by atoms with Crippen LogP contribution in [0.3, 0.4) is 0 Å². The molecule has 2 heterocycles. The molecule has 0 bridgehead atoms. The molecule has 0 saturated carbocycles. The summed E-state index contributed by atoms with van der Waals surface area (Å²) >= 11 is 0. The molecule has 4 heteroatoms. The van der Waals surface area contributed by atoms with E-state index in [1.807, 2.05) is 13.0 Å². The Kier molecular flexibility index (Phi) is 3.63. The van der Waals surface area contributed by atoms with E-state index in [0.717, 1.165) is 32.0 Å². The summed E-state index contributed by atoms with van der Waals surface area (Å²) in [5.41, 5.74) is 7.07. The van der Waals surface area contributed by atoms with Crippen molar-refractivity contribution in [2.45, 2.75) is 32.5 Å². The Balaban J connectivity index is 1.93. The molecule has 90 valence electrons. The molecule has 2 atom stereocenters. The molecule has 0 amide bonds. The SMILES string of the molecule is Cc1ccoc1CN1CCOC(C(C)N)C1. The van der Waals surface area contributed by atoms with Gasteiger partial charge in [0.05, 0.1) is 25.5 Å². The van der Waals surface area contributed by atoms with Crippen LogP contribution in [0.5, 0.6) is 0 Å². The van der Waals surface area contributed by atoms with E-state index in [4.69, 9.17) is 14.9 Å². The maximum Gasteiger partial charge on any atom is 0.120 e. The Morgan fingerprint density at radius 2 is 2.44 bits per heavy atom. The van der Waals surface area contributed by atoms with Crippen LogP contribution in [0.1, 0.15) is 18.2 Å². The van der Waals surface area contributed by atoms with E-state index in [1.54, 1.807) is 6.26 Å². The molecular weight excluding hydrogens is 204 g/mol. The third kappa shape index (κ3) is 2.64. The number of morpholine rings is 1. The van der Waals surface area contributed by atoms with Gasteiger partial charge in [-0.2, -0.15) is 0 Å². The molecule has 0 aliphatic carbocycles. The molecule has 1 aromatic rings. The lowest BCUT2D eigenvalue weighted by atomic mass is 10.1. The first-order valence-corrected chi connectivity index (χ1v) is 5.79. The number of ether oxygens (including phenoxy) is 1. The zero-order valence-corrected chi connectivity index (χ0v) is 9.98. The van der Waals surface area contributed by atoms with Crippen molar-refractivity contribution >= 4 is 0 Å². The summed E-state index contributed by atoms with van der Waals surface area (Å²) in [4.78, 5) is 2.34. The Labute approximate surface area is 96.4 Å². The molecule has 0 radical (unpaired) electrons. The van der Waals surface area contributed by atoms with Gasteiger partial charge >= 0.3 is 0 Å². The van der Waals surface area contributed by atoms with Crippen LogP contribution in [0.15, 0.2) is 16.7 Å². The highest BCUT2D eigenvalue weighted by molar-refractivity contribution is 5.14. The fourth-order valence-electron chi connectivity index (χ4n) is 1.96. The van der Waals surface area contributed by atoms with Crippen molar-refractivity contribution in [3.8, 4) is 0 Å². The monoisotopic (exact) mass is 224 g/mol. The number of hydrogen-bond acceptors (Lipinski definition) is 4. The molecule has 1 aliphatic rings. The summed E-state index contributed by atoms with van der Waals surface area (Å²) in [6, 6.07) is 2.08. The van der Waals surface area contributed by atoms with Crippen LogP contribution in [0.4, 0.5) is 0 Å². The molecule has 16 heavy (non-hydrogen) atoms. The molecule has 1 aliphatic heterocycles. The van der Waals surface area contributed by atoms with Gasteiger partial charge in [-0.3, -0.25) is 4.90 Å². The van der Waals surface area contributed by atoms with Gasteiger partial charge in [0.2, 0.25) is 0 Å². The van der Waals surface area contributed by atoms with Gasteiger partial charge in [0.25, 0.3) is 0 Å². The lowest BCUT2D eigenvalue weighted by Crippen LogP contribution is -2.49. The molecule has 1 aromatic heterocycles. The first-order chi connectivity index (χ1) is 7.66. The third-order valence-electron chi connectivity index (χ3n) is 3.10. The predicted molar refractivity (Wildman–Crippen MR) is 62.1 cm³/mol. The maximum atomic E-state index is 5.86. The van der Waals surface area contributed by atoms with Crippen molar-refractivity contribution in [3.63, 3.8) is 0 Å². The van der Waals surface area contributed by atoms with E-state index < -0.39 is 0 Å². The molecule has 2 rings (SSSR count). The van der Waals surface area contributed by atoms with Gasteiger partial charge in [0.1, 0.15) is 5.76 Å². The highest BCUT2D eigenvalue weighted by Gasteiger charge is 2.24. The number of nitrogens with two attached hydrogens (primary N) is 1. The van der Waals surface area contributed by atoms with E-state index in [1.165, 1.54) is 5.56 Å². The van der Waals surface area contributed by atoms with Crippen LogP contribution < -0.4 is 5.73 Å². The molecular formula is C12H20N2O2. The van der Waals surface area contributed by atoms with Gasteiger partial charge in [0, 0.05) is 19.1 Å². The van der Waals surface area contributed by atoms with E-state index in [9.17, 15) is 0 Å². The summed E-state index contributed by atoms with van der Waals surface area (Å²) in [7, 11) is 0. The minimum absolute atomic E-state index is 0.0838. The van der Waals surface area contributed by atoms with Crippen LogP contribution in [0, 0.1) is 6.92 Å². The molecule has 0 aromatic carbocycles. The van der Waals surface area contributed by atoms with Crippen molar-refractivity contribution in [1.29, 1.82) is 0 Å². The maximum absolute atomic E-state index is 5.86. The van der Waals surface area contributed by atoms with Crippen molar-refractivity contribution in [2.24, 2.45) is 5.73 Å². The largest absolute Gasteiger partial charge is 0.468 e. The number of hydrogen-bond donors (Lipinski definition) is 1. The van der Waals surface area contributed by atoms with Crippen molar-refractivity contribution < 1.29 is 9.15 Å². The van der Waals surface area contributed by atoms with Gasteiger partial charge in [-0.25, -0.2) is 0 Å². The second-order valence-corrected chi connectivity index (χ2v) is 4.53. The van der Waals surface area contributed by atoms with E-state index in [-0.39, 0.29) is 12.1 Å². The lowest BCUT2D eigenvalue weighted by molar-refractivity contribution is -0.0420. The Morgan fingerprint density at radius 1 is 1.62 bits per heavy atom. The van der Waals surface area contributed by atoms with Crippen LogP contribution in [0.2, 0.25) is 0 Å². The van der Waals surface area contributed by atoms with Crippen LogP contribution in [-0.2, 0) is 11.3 Å². The van der Waals surface area contributed by atoms with Gasteiger partial charge in [0.15, 0.2) is 0 Å². The Bertz CT molecular complexity index is 336. The van der Waals surface area contributed by atoms with Gasteiger partial charge < -0.3 is 14.9 Å². The highest BCUT2D eigenvalue weighted by Crippen LogP contribution is 2.15. The summed E-state index contributed by atoms with van der Waals surface area (Å²) in [5, 5.41) is 0. The Hall–Kier alpha value is -0.840. The van der Waals surface area contributed by atoms with Crippen molar-refractivity contribution in [3.05, 3.63) is 23.7 Å². The number of aryl methyl sites for hydroxylation is 1. The van der Waals surface area contributed by atoms with Gasteiger partial charge in [-0.15, -0.1) is 0 Å². The zero-order valence-electron chi connectivity index (χ0n) is 9.98. The first-order valence-electron chi connectivity index (χ1n) is 5.79. The molecule has 2 N–H and O–H groups in total. The lowest BCUT2D eigenvalue weighted by Gasteiger charge is -2.34. The highest BCUT2D eigenvalue weighted by atomic mass is 16.5. The normalized spacial score (nSPS) is 24.6. The molecule has 1 fully saturated rings. The van der Waals surface area contributed by atoms with Crippen LogP contribution in [-0.4, -0.2) is 36.7 Å². The van der Waals surface area contributed by atoms with Crippen LogP contribution in [0.25, 0.3) is 0 Å². The summed E-state index contributed by atoms with van der Waals surface area (Å²) in [5.74, 6) is 1.05. The quantitative estimate of drug-likeness (QED) is 0.836. The van der Waals surface area contributed by atoms with E-state index in [0.29, 0.717) is 0 Å². The fraction of sp³-hybridized carbons (Fsp3) is 0.667. The standard InChI is InChI=1S/C12H20N2O2/c1-9-3-5-15-11(9)7-14-4-6-16-12(8-14)10(2)13/h3,5,10,12H,4,6-8,13H2,1-2H3. The number of rotatable bonds is 3. The molecule has 1 saturated heterocycles. The molecule has 0 spiro atoms. The van der Waals surface area contributed by atoms with Crippen LogP contribution >= 0.6 is 0 Å². The van der Waals surface area contributed by atoms with Crippen molar-refractivity contribution in [1.82, 2.24) is 4.90 Å². The van der Waals surface area contributed by atoms with E-state index in [2.05, 4.69) is 11.8 Å². The first kappa shape index (κ1) is 11.6. The zero-order chi connectivity index (χ0) is 11.5. The average Bonchev–Trinajstić information content (AvgIpc) is 2.65. The number of furan rings is 1.